The quantitative estimate of drug-likeness (QED) is 0.885. The average molecular weight is 263 g/mol. The van der Waals surface area contributed by atoms with Gasteiger partial charge < -0.3 is 10.1 Å². The lowest BCUT2D eigenvalue weighted by atomic mass is 9.99. The van der Waals surface area contributed by atoms with Crippen LogP contribution in [-0.2, 0) is 6.42 Å². The first-order chi connectivity index (χ1) is 8.84. The maximum absolute atomic E-state index is 5.16. The lowest BCUT2D eigenvalue weighted by Crippen LogP contribution is -2.32. The summed E-state index contributed by atoms with van der Waals surface area (Å²) in [7, 11) is 3.67. The van der Waals surface area contributed by atoms with E-state index >= 15 is 0 Å². The molecular weight excluding hydrogens is 238 g/mol. The minimum absolute atomic E-state index is 0.373. The Morgan fingerprint density at radius 1 is 1.26 bits per heavy atom. The molecule has 0 radical (unpaired) electrons. The lowest BCUT2D eigenvalue weighted by molar-refractivity contribution is 0.391. The Morgan fingerprint density at radius 3 is 2.37 bits per heavy atom. The van der Waals surface area contributed by atoms with E-state index in [1.807, 2.05) is 13.1 Å². The molecule has 1 fully saturated rings. The van der Waals surface area contributed by atoms with E-state index in [9.17, 15) is 0 Å². The highest BCUT2D eigenvalue weighted by Gasteiger charge is 2.66. The molecule has 1 aliphatic rings. The molecule has 0 saturated heterocycles. The summed E-state index contributed by atoms with van der Waals surface area (Å²) >= 11 is 0. The lowest BCUT2D eigenvalue weighted by Gasteiger charge is -2.18. The third-order valence-electron chi connectivity index (χ3n) is 5.24. The van der Waals surface area contributed by atoms with Crippen LogP contribution >= 0.6 is 0 Å². The van der Waals surface area contributed by atoms with Crippen LogP contribution in [0.25, 0.3) is 0 Å². The van der Waals surface area contributed by atoms with Gasteiger partial charge in [0.15, 0.2) is 0 Å². The Bertz CT molecular complexity index is 442. The van der Waals surface area contributed by atoms with Crippen LogP contribution in [0.5, 0.6) is 5.88 Å². The van der Waals surface area contributed by atoms with Gasteiger partial charge in [-0.3, -0.25) is 0 Å². The van der Waals surface area contributed by atoms with Crippen LogP contribution in [0.15, 0.2) is 12.4 Å². The van der Waals surface area contributed by atoms with Crippen LogP contribution in [0.2, 0.25) is 0 Å². The zero-order valence-corrected chi connectivity index (χ0v) is 12.8. The van der Waals surface area contributed by atoms with Gasteiger partial charge in [0.25, 0.3) is 0 Å². The Balaban J connectivity index is 2.12. The fourth-order valence-electron chi connectivity index (χ4n) is 3.47. The molecule has 2 rings (SSSR count). The van der Waals surface area contributed by atoms with Crippen molar-refractivity contribution in [3.8, 4) is 5.88 Å². The highest BCUT2D eigenvalue weighted by molar-refractivity contribution is 5.20. The van der Waals surface area contributed by atoms with Crippen LogP contribution < -0.4 is 10.1 Å². The second-order valence-corrected chi connectivity index (χ2v) is 6.57. The molecule has 0 aromatic carbocycles. The largest absolute Gasteiger partial charge is 0.481 e. The molecule has 1 aromatic heterocycles. The summed E-state index contributed by atoms with van der Waals surface area (Å²) in [6.07, 6.45) is 2.48. The SMILES string of the molecule is CNC(Cc1cc(OC)ncn1)C1C(C)(C)C1(C)C. The highest BCUT2D eigenvalue weighted by atomic mass is 16.5. The first kappa shape index (κ1) is 14.3. The zero-order chi connectivity index (χ0) is 14.3. The van der Waals surface area contributed by atoms with E-state index in [-0.39, 0.29) is 0 Å². The van der Waals surface area contributed by atoms with E-state index in [0.717, 1.165) is 12.1 Å². The maximum atomic E-state index is 5.16. The Morgan fingerprint density at radius 2 is 1.89 bits per heavy atom. The van der Waals surface area contributed by atoms with Gasteiger partial charge in [-0.2, -0.15) is 0 Å². The molecule has 4 nitrogen and oxygen atoms in total. The number of nitrogens with zero attached hydrogens (tertiary/aromatic N) is 2. The Kier molecular flexibility index (Phi) is 3.56. The summed E-state index contributed by atoms with van der Waals surface area (Å²) in [6.45, 7) is 9.40. The van der Waals surface area contributed by atoms with E-state index in [1.165, 1.54) is 0 Å². The van der Waals surface area contributed by atoms with Gasteiger partial charge in [0.1, 0.15) is 6.33 Å². The van der Waals surface area contributed by atoms with Gasteiger partial charge in [0.05, 0.1) is 7.11 Å². The number of hydrogen-bond acceptors (Lipinski definition) is 4. The molecule has 1 aromatic rings. The number of likely N-dealkylation sites (N-methyl/N-ethyl adjacent to an activating group) is 1. The zero-order valence-electron chi connectivity index (χ0n) is 12.8. The van der Waals surface area contributed by atoms with Crippen molar-refractivity contribution in [2.45, 2.75) is 40.2 Å². The Labute approximate surface area is 116 Å². The molecule has 19 heavy (non-hydrogen) atoms. The second-order valence-electron chi connectivity index (χ2n) is 6.57. The summed E-state index contributed by atoms with van der Waals surface area (Å²) in [4.78, 5) is 8.40. The minimum atomic E-state index is 0.373. The number of hydrogen-bond donors (Lipinski definition) is 1. The van der Waals surface area contributed by atoms with Gasteiger partial charge in [-0.05, 0) is 23.8 Å². The van der Waals surface area contributed by atoms with Crippen molar-refractivity contribution in [3.63, 3.8) is 0 Å². The summed E-state index contributed by atoms with van der Waals surface area (Å²) in [5, 5.41) is 3.46. The van der Waals surface area contributed by atoms with Crippen molar-refractivity contribution in [2.75, 3.05) is 14.2 Å². The van der Waals surface area contributed by atoms with E-state index in [2.05, 4.69) is 43.0 Å². The monoisotopic (exact) mass is 263 g/mol. The molecule has 1 N–H and O–H groups in total. The predicted molar refractivity (Wildman–Crippen MR) is 76.2 cm³/mol. The normalized spacial score (nSPS) is 22.0. The van der Waals surface area contributed by atoms with Crippen LogP contribution in [-0.4, -0.2) is 30.2 Å². The Hall–Kier alpha value is -1.16. The number of nitrogens with one attached hydrogen (secondary N) is 1. The summed E-state index contributed by atoms with van der Waals surface area (Å²) < 4.78 is 5.16. The number of aromatic nitrogens is 2. The van der Waals surface area contributed by atoms with Crippen molar-refractivity contribution in [3.05, 3.63) is 18.1 Å². The molecule has 4 heteroatoms. The summed E-state index contributed by atoms with van der Waals surface area (Å²) in [6, 6.07) is 2.36. The van der Waals surface area contributed by atoms with E-state index in [0.29, 0.717) is 28.7 Å². The predicted octanol–water partition coefficient (Wildman–Crippen LogP) is 2.30. The molecule has 0 spiro atoms. The van der Waals surface area contributed by atoms with Crippen LogP contribution in [0.1, 0.15) is 33.4 Å². The topological polar surface area (TPSA) is 47.0 Å². The molecule has 0 aliphatic heterocycles. The third-order valence-corrected chi connectivity index (χ3v) is 5.24. The molecular formula is C15H25N3O. The van der Waals surface area contributed by atoms with Crippen molar-refractivity contribution >= 4 is 0 Å². The third kappa shape index (κ3) is 2.34. The van der Waals surface area contributed by atoms with E-state index in [4.69, 9.17) is 4.74 Å². The van der Waals surface area contributed by atoms with Gasteiger partial charge in [-0.1, -0.05) is 27.7 Å². The van der Waals surface area contributed by atoms with Gasteiger partial charge in [-0.15, -0.1) is 0 Å². The first-order valence-corrected chi connectivity index (χ1v) is 6.86. The summed E-state index contributed by atoms with van der Waals surface area (Å²) in [5.74, 6) is 1.29. The maximum Gasteiger partial charge on any atom is 0.216 e. The fraction of sp³-hybridized carbons (Fsp3) is 0.733. The molecule has 1 saturated carbocycles. The summed E-state index contributed by atoms with van der Waals surface area (Å²) in [5.41, 5.74) is 1.78. The van der Waals surface area contributed by atoms with Gasteiger partial charge in [-0.25, -0.2) is 9.97 Å². The highest BCUT2D eigenvalue weighted by Crippen LogP contribution is 2.69. The van der Waals surface area contributed by atoms with Crippen molar-refractivity contribution in [2.24, 2.45) is 16.7 Å². The standard InChI is InChI=1S/C15H25N3O/c1-14(2)13(15(14,3)4)11(16-5)7-10-8-12(19-6)18-9-17-10/h8-9,11,13,16H,7H2,1-6H3. The molecule has 1 aliphatic carbocycles. The smallest absolute Gasteiger partial charge is 0.216 e. The molecule has 0 amide bonds. The fourth-order valence-corrected chi connectivity index (χ4v) is 3.47. The van der Waals surface area contributed by atoms with Gasteiger partial charge in [0.2, 0.25) is 5.88 Å². The number of methoxy groups -OCH3 is 1. The average Bonchev–Trinajstić information content (AvgIpc) is 2.77. The molecule has 1 unspecified atom stereocenters. The molecule has 106 valence electrons. The number of ether oxygens (including phenoxy) is 1. The van der Waals surface area contributed by atoms with Gasteiger partial charge in [0, 0.05) is 24.2 Å². The minimum Gasteiger partial charge on any atom is -0.481 e. The molecule has 0 bridgehead atoms. The molecule has 1 atom stereocenters. The van der Waals surface area contributed by atoms with Crippen molar-refractivity contribution < 1.29 is 4.74 Å². The van der Waals surface area contributed by atoms with E-state index < -0.39 is 0 Å². The van der Waals surface area contributed by atoms with E-state index in [1.54, 1.807) is 13.4 Å². The van der Waals surface area contributed by atoms with Crippen LogP contribution in [0.3, 0.4) is 0 Å². The van der Waals surface area contributed by atoms with Crippen LogP contribution in [0.4, 0.5) is 0 Å². The first-order valence-electron chi connectivity index (χ1n) is 6.86. The van der Waals surface area contributed by atoms with Crippen molar-refractivity contribution in [1.82, 2.24) is 15.3 Å². The van der Waals surface area contributed by atoms with Crippen molar-refractivity contribution in [1.29, 1.82) is 0 Å². The molecule has 1 heterocycles. The van der Waals surface area contributed by atoms with Crippen LogP contribution in [0, 0.1) is 16.7 Å². The second kappa shape index (κ2) is 4.75. The number of rotatable bonds is 5. The van der Waals surface area contributed by atoms with Gasteiger partial charge >= 0.3 is 0 Å².